The van der Waals surface area contributed by atoms with Gasteiger partial charge in [-0.1, -0.05) is 72.2 Å². The molecule has 38 heavy (non-hydrogen) atoms. The van der Waals surface area contributed by atoms with Crippen LogP contribution in [0.15, 0.2) is 65.1 Å². The standard InChI is InChI=1S/C28H27BrF3N5O/c1-18(2)19-7-9-20(10-8-19)23-15-25(28(30,31)32)37-26(33-23)16-24(34-37)27(38)36-13-11-35(12-14-36)17-21-5-3-4-6-22(21)29/h3-10,15-16,18H,11-14,17H2,1-2H3. The molecular weight excluding hydrogens is 559 g/mol. The molecule has 0 atom stereocenters. The third-order valence-corrected chi connectivity index (χ3v) is 7.59. The average molecular weight is 586 g/mol. The maximum atomic E-state index is 14.0. The number of aromatic nitrogens is 3. The highest BCUT2D eigenvalue weighted by Crippen LogP contribution is 2.33. The molecule has 4 aromatic rings. The molecule has 6 nitrogen and oxygen atoms in total. The number of hydrogen-bond acceptors (Lipinski definition) is 4. The molecule has 0 radical (unpaired) electrons. The molecule has 1 fully saturated rings. The summed E-state index contributed by atoms with van der Waals surface area (Å²) >= 11 is 3.57. The lowest BCUT2D eigenvalue weighted by molar-refractivity contribution is -0.142. The first-order chi connectivity index (χ1) is 18.1. The SMILES string of the molecule is CC(C)c1ccc(-c2cc(C(F)(F)F)n3nc(C(=O)N4CCN(Cc5ccccc5Br)CC4)cc3n2)cc1. The van der Waals surface area contributed by atoms with Crippen LogP contribution in [0.5, 0.6) is 0 Å². The van der Waals surface area contributed by atoms with Gasteiger partial charge in [-0.2, -0.15) is 18.3 Å². The first kappa shape index (κ1) is 26.4. The molecule has 0 spiro atoms. The second-order valence-electron chi connectivity index (χ2n) is 9.76. The van der Waals surface area contributed by atoms with Gasteiger partial charge in [0.1, 0.15) is 0 Å². The van der Waals surface area contributed by atoms with Crippen LogP contribution in [0.1, 0.15) is 47.1 Å². The fraction of sp³-hybridized carbons (Fsp3) is 0.321. The summed E-state index contributed by atoms with van der Waals surface area (Å²) in [5.74, 6) is -0.0947. The van der Waals surface area contributed by atoms with E-state index in [-0.39, 0.29) is 17.0 Å². The van der Waals surface area contributed by atoms with Gasteiger partial charge in [-0.15, -0.1) is 0 Å². The van der Waals surface area contributed by atoms with Crippen LogP contribution in [-0.2, 0) is 12.7 Å². The molecule has 0 bridgehead atoms. The van der Waals surface area contributed by atoms with Crippen LogP contribution < -0.4 is 0 Å². The predicted octanol–water partition coefficient (Wildman–Crippen LogP) is 6.26. The van der Waals surface area contributed by atoms with Crippen LogP contribution in [0, 0.1) is 0 Å². The van der Waals surface area contributed by atoms with E-state index in [2.05, 4.69) is 37.0 Å². The molecular formula is C28H27BrF3N5O. The van der Waals surface area contributed by atoms with Crippen molar-refractivity contribution < 1.29 is 18.0 Å². The van der Waals surface area contributed by atoms with Gasteiger partial charge in [0.15, 0.2) is 17.0 Å². The Kier molecular flexibility index (Phi) is 7.28. The lowest BCUT2D eigenvalue weighted by Gasteiger charge is -2.34. The Hall–Kier alpha value is -3.24. The van der Waals surface area contributed by atoms with Crippen molar-refractivity contribution in [2.24, 2.45) is 0 Å². The van der Waals surface area contributed by atoms with E-state index in [4.69, 9.17) is 0 Å². The quantitative estimate of drug-likeness (QED) is 0.277. The van der Waals surface area contributed by atoms with Crippen molar-refractivity contribution in [2.45, 2.75) is 32.5 Å². The average Bonchev–Trinajstić information content (AvgIpc) is 3.33. The van der Waals surface area contributed by atoms with Gasteiger partial charge in [0.05, 0.1) is 5.69 Å². The molecule has 1 aliphatic heterocycles. The summed E-state index contributed by atoms with van der Waals surface area (Å²) in [6, 6.07) is 17.6. The van der Waals surface area contributed by atoms with Gasteiger partial charge in [-0.05, 0) is 29.2 Å². The van der Waals surface area contributed by atoms with E-state index in [1.807, 2.05) is 44.2 Å². The number of piperazine rings is 1. The summed E-state index contributed by atoms with van der Waals surface area (Å²) in [6.07, 6.45) is -4.67. The maximum absolute atomic E-state index is 14.0. The van der Waals surface area contributed by atoms with Crippen molar-refractivity contribution in [2.75, 3.05) is 26.2 Å². The number of amides is 1. The second kappa shape index (κ2) is 10.5. The number of carbonyl (C=O) groups is 1. The summed E-state index contributed by atoms with van der Waals surface area (Å²) in [5, 5.41) is 4.05. The molecule has 3 heterocycles. The third kappa shape index (κ3) is 5.47. The molecule has 10 heteroatoms. The van der Waals surface area contributed by atoms with Gasteiger partial charge in [0, 0.05) is 48.8 Å². The van der Waals surface area contributed by atoms with E-state index in [1.165, 1.54) is 6.07 Å². The molecule has 1 saturated heterocycles. The Labute approximate surface area is 227 Å². The Morgan fingerprint density at radius 2 is 1.68 bits per heavy atom. The van der Waals surface area contributed by atoms with Crippen LogP contribution in [0.2, 0.25) is 0 Å². The molecule has 0 aliphatic carbocycles. The van der Waals surface area contributed by atoms with Gasteiger partial charge >= 0.3 is 6.18 Å². The molecule has 0 unspecified atom stereocenters. The van der Waals surface area contributed by atoms with Gasteiger partial charge < -0.3 is 4.90 Å². The van der Waals surface area contributed by atoms with Crippen LogP contribution >= 0.6 is 15.9 Å². The van der Waals surface area contributed by atoms with Crippen molar-refractivity contribution in [1.82, 2.24) is 24.4 Å². The normalized spacial score (nSPS) is 15.0. The minimum absolute atomic E-state index is 0.0151. The predicted molar refractivity (Wildman–Crippen MR) is 143 cm³/mol. The van der Waals surface area contributed by atoms with Crippen LogP contribution in [0.3, 0.4) is 0 Å². The highest BCUT2D eigenvalue weighted by atomic mass is 79.9. The zero-order chi connectivity index (χ0) is 27.0. The van der Waals surface area contributed by atoms with E-state index < -0.39 is 17.8 Å². The molecule has 0 N–H and O–H groups in total. The molecule has 5 rings (SSSR count). The first-order valence-electron chi connectivity index (χ1n) is 12.4. The Morgan fingerprint density at radius 3 is 2.32 bits per heavy atom. The second-order valence-corrected chi connectivity index (χ2v) is 10.6. The van der Waals surface area contributed by atoms with E-state index in [0.717, 1.165) is 32.7 Å². The lowest BCUT2D eigenvalue weighted by Crippen LogP contribution is -2.48. The smallest absolute Gasteiger partial charge is 0.335 e. The maximum Gasteiger partial charge on any atom is 0.433 e. The fourth-order valence-electron chi connectivity index (χ4n) is 4.61. The van der Waals surface area contributed by atoms with E-state index >= 15 is 0 Å². The van der Waals surface area contributed by atoms with Crippen LogP contribution in [-0.4, -0.2) is 56.5 Å². The fourth-order valence-corrected chi connectivity index (χ4v) is 5.02. The zero-order valence-corrected chi connectivity index (χ0v) is 22.6. The first-order valence-corrected chi connectivity index (χ1v) is 13.2. The van der Waals surface area contributed by atoms with E-state index in [9.17, 15) is 18.0 Å². The Morgan fingerprint density at radius 1 is 1.00 bits per heavy atom. The van der Waals surface area contributed by atoms with Gasteiger partial charge in [0.25, 0.3) is 5.91 Å². The summed E-state index contributed by atoms with van der Waals surface area (Å²) in [6.45, 7) is 7.08. The zero-order valence-electron chi connectivity index (χ0n) is 21.0. The molecule has 1 amide bonds. The number of hydrogen-bond donors (Lipinski definition) is 0. The number of benzene rings is 2. The number of carbonyl (C=O) groups excluding carboxylic acids is 1. The number of nitrogens with zero attached hydrogens (tertiary/aromatic N) is 5. The molecule has 0 saturated carbocycles. The van der Waals surface area contributed by atoms with E-state index in [0.29, 0.717) is 37.7 Å². The summed E-state index contributed by atoms with van der Waals surface area (Å²) in [7, 11) is 0. The lowest BCUT2D eigenvalue weighted by atomic mass is 10.0. The van der Waals surface area contributed by atoms with E-state index in [1.54, 1.807) is 17.0 Å². The molecule has 2 aromatic carbocycles. The van der Waals surface area contributed by atoms with Crippen LogP contribution in [0.4, 0.5) is 13.2 Å². The summed E-state index contributed by atoms with van der Waals surface area (Å²) < 4.78 is 43.8. The number of fused-ring (bicyclic) bond motifs is 1. The molecule has 2 aromatic heterocycles. The Balaban J connectivity index is 1.38. The number of halogens is 4. The summed E-state index contributed by atoms with van der Waals surface area (Å²) in [4.78, 5) is 21.5. The minimum Gasteiger partial charge on any atom is -0.335 e. The van der Waals surface area contributed by atoms with Crippen molar-refractivity contribution in [3.63, 3.8) is 0 Å². The van der Waals surface area contributed by atoms with Gasteiger partial charge in [-0.3, -0.25) is 9.69 Å². The molecule has 1 aliphatic rings. The van der Waals surface area contributed by atoms with Crippen molar-refractivity contribution in [1.29, 1.82) is 0 Å². The molecule has 198 valence electrons. The highest BCUT2D eigenvalue weighted by molar-refractivity contribution is 9.10. The topological polar surface area (TPSA) is 53.7 Å². The van der Waals surface area contributed by atoms with Gasteiger partial charge in [0.2, 0.25) is 0 Å². The van der Waals surface area contributed by atoms with Crippen molar-refractivity contribution in [3.05, 3.63) is 87.7 Å². The van der Waals surface area contributed by atoms with Gasteiger partial charge in [-0.25, -0.2) is 9.50 Å². The van der Waals surface area contributed by atoms with Crippen molar-refractivity contribution >= 4 is 27.5 Å². The van der Waals surface area contributed by atoms with Crippen LogP contribution in [0.25, 0.3) is 16.9 Å². The number of rotatable bonds is 5. The van der Waals surface area contributed by atoms with Crippen molar-refractivity contribution in [3.8, 4) is 11.3 Å². The third-order valence-electron chi connectivity index (χ3n) is 6.82. The number of alkyl halides is 3. The Bertz CT molecular complexity index is 1460. The highest BCUT2D eigenvalue weighted by Gasteiger charge is 2.36. The summed E-state index contributed by atoms with van der Waals surface area (Å²) in [5.41, 5.74) is 1.96. The monoisotopic (exact) mass is 585 g/mol. The minimum atomic E-state index is -4.67. The largest absolute Gasteiger partial charge is 0.433 e.